The molecule has 23 heavy (non-hydrogen) atoms. The highest BCUT2D eigenvalue weighted by Crippen LogP contribution is 2.15. The van der Waals surface area contributed by atoms with E-state index in [1.807, 2.05) is 6.07 Å². The van der Waals surface area contributed by atoms with E-state index in [4.69, 9.17) is 5.26 Å². The van der Waals surface area contributed by atoms with E-state index in [9.17, 15) is 18.4 Å². The van der Waals surface area contributed by atoms with Crippen molar-refractivity contribution in [1.29, 1.82) is 5.26 Å². The molecule has 0 saturated carbocycles. The minimum atomic E-state index is -1.10. The quantitative estimate of drug-likeness (QED) is 0.851. The Morgan fingerprint density at radius 1 is 1.00 bits per heavy atom. The molecule has 7 heteroatoms. The third-order valence-electron chi connectivity index (χ3n) is 2.85. The SMILES string of the molecule is N#Cc1ccccc1NC(=O)CC(=O)Nc1ccc(F)c(F)c1. The molecule has 2 aromatic rings. The topological polar surface area (TPSA) is 82.0 Å². The lowest BCUT2D eigenvalue weighted by atomic mass is 10.2. The van der Waals surface area contributed by atoms with Gasteiger partial charge in [0.05, 0.1) is 11.3 Å². The summed E-state index contributed by atoms with van der Waals surface area (Å²) in [7, 11) is 0. The number of anilines is 2. The smallest absolute Gasteiger partial charge is 0.233 e. The van der Waals surface area contributed by atoms with Gasteiger partial charge in [-0.3, -0.25) is 9.59 Å². The second-order valence-corrected chi connectivity index (χ2v) is 4.56. The van der Waals surface area contributed by atoms with E-state index in [2.05, 4.69) is 10.6 Å². The molecule has 0 unspecified atom stereocenters. The number of halogens is 2. The molecule has 0 bridgehead atoms. The van der Waals surface area contributed by atoms with Crippen molar-refractivity contribution in [2.24, 2.45) is 0 Å². The number of nitrogens with zero attached hydrogens (tertiary/aromatic N) is 1. The highest BCUT2D eigenvalue weighted by atomic mass is 19.2. The van der Waals surface area contributed by atoms with Crippen molar-refractivity contribution in [3.63, 3.8) is 0 Å². The first kappa shape index (κ1) is 16.1. The first-order valence-electron chi connectivity index (χ1n) is 6.53. The molecule has 2 rings (SSSR count). The summed E-state index contributed by atoms with van der Waals surface area (Å²) in [6.07, 6.45) is -0.529. The highest BCUT2D eigenvalue weighted by Gasteiger charge is 2.12. The Morgan fingerprint density at radius 2 is 1.70 bits per heavy atom. The first-order valence-corrected chi connectivity index (χ1v) is 6.53. The van der Waals surface area contributed by atoms with Crippen LogP contribution in [-0.4, -0.2) is 11.8 Å². The highest BCUT2D eigenvalue weighted by molar-refractivity contribution is 6.08. The van der Waals surface area contributed by atoms with Crippen LogP contribution in [0.25, 0.3) is 0 Å². The molecule has 0 aliphatic carbocycles. The number of hydrogen-bond donors (Lipinski definition) is 2. The van der Waals surface area contributed by atoms with E-state index in [-0.39, 0.29) is 11.3 Å². The van der Waals surface area contributed by atoms with Gasteiger partial charge in [-0.05, 0) is 24.3 Å². The zero-order valence-corrected chi connectivity index (χ0v) is 11.8. The average molecular weight is 315 g/mol. The van der Waals surface area contributed by atoms with Crippen LogP contribution in [0.15, 0.2) is 42.5 Å². The number of amides is 2. The molecule has 2 N–H and O–H groups in total. The van der Waals surface area contributed by atoms with Gasteiger partial charge < -0.3 is 10.6 Å². The molecule has 5 nitrogen and oxygen atoms in total. The molecule has 0 aliphatic heterocycles. The van der Waals surface area contributed by atoms with Crippen LogP contribution in [0, 0.1) is 23.0 Å². The Labute approximate surface area is 130 Å². The summed E-state index contributed by atoms with van der Waals surface area (Å²) in [6.45, 7) is 0. The number of nitrogens with one attached hydrogen (secondary N) is 2. The van der Waals surface area contributed by atoms with Gasteiger partial charge in [0.1, 0.15) is 12.5 Å². The standard InChI is InChI=1S/C16H11F2N3O2/c17-12-6-5-11(7-13(12)18)20-15(22)8-16(23)21-14-4-2-1-3-10(14)9-19/h1-7H,8H2,(H,20,22)(H,21,23). The van der Waals surface area contributed by atoms with Crippen LogP contribution in [0.5, 0.6) is 0 Å². The van der Waals surface area contributed by atoms with E-state index >= 15 is 0 Å². The van der Waals surface area contributed by atoms with Crippen molar-refractivity contribution in [1.82, 2.24) is 0 Å². The number of para-hydroxylation sites is 1. The maximum absolute atomic E-state index is 13.0. The lowest BCUT2D eigenvalue weighted by molar-refractivity contribution is -0.123. The molecule has 0 spiro atoms. The minimum Gasteiger partial charge on any atom is -0.326 e. The van der Waals surface area contributed by atoms with E-state index in [0.717, 1.165) is 12.1 Å². The molecular formula is C16H11F2N3O2. The van der Waals surface area contributed by atoms with Gasteiger partial charge in [0.2, 0.25) is 11.8 Å². The molecule has 0 fully saturated rings. The molecule has 0 radical (unpaired) electrons. The van der Waals surface area contributed by atoms with Crippen LogP contribution < -0.4 is 10.6 Å². The number of nitriles is 1. The Hall–Kier alpha value is -3.27. The van der Waals surface area contributed by atoms with Crippen molar-refractivity contribution < 1.29 is 18.4 Å². The van der Waals surface area contributed by atoms with Crippen molar-refractivity contribution in [2.75, 3.05) is 10.6 Å². The zero-order chi connectivity index (χ0) is 16.8. The molecule has 116 valence electrons. The van der Waals surface area contributed by atoms with Gasteiger partial charge in [0, 0.05) is 11.8 Å². The fourth-order valence-corrected chi connectivity index (χ4v) is 1.81. The van der Waals surface area contributed by atoms with Gasteiger partial charge in [-0.25, -0.2) is 8.78 Å². The summed E-state index contributed by atoms with van der Waals surface area (Å²) >= 11 is 0. The van der Waals surface area contributed by atoms with Crippen LogP contribution >= 0.6 is 0 Å². The van der Waals surface area contributed by atoms with Crippen molar-refractivity contribution in [2.45, 2.75) is 6.42 Å². The number of carbonyl (C=O) groups excluding carboxylic acids is 2. The normalized spacial score (nSPS) is 9.78. The largest absolute Gasteiger partial charge is 0.326 e. The van der Waals surface area contributed by atoms with E-state index in [1.165, 1.54) is 18.2 Å². The predicted octanol–water partition coefficient (Wildman–Crippen LogP) is 2.80. The van der Waals surface area contributed by atoms with E-state index in [1.54, 1.807) is 12.1 Å². The Bertz CT molecular complexity index is 800. The summed E-state index contributed by atoms with van der Waals surface area (Å²) in [5.74, 6) is -3.46. The van der Waals surface area contributed by atoms with Crippen LogP contribution in [0.1, 0.15) is 12.0 Å². The van der Waals surface area contributed by atoms with E-state index in [0.29, 0.717) is 5.69 Å². The fraction of sp³-hybridized carbons (Fsp3) is 0.0625. The minimum absolute atomic E-state index is 0.0409. The third kappa shape index (κ3) is 4.35. The second-order valence-electron chi connectivity index (χ2n) is 4.56. The maximum atomic E-state index is 13.0. The van der Waals surface area contributed by atoms with Crippen molar-refractivity contribution in [3.05, 3.63) is 59.7 Å². The molecule has 0 aromatic heterocycles. The Morgan fingerprint density at radius 3 is 2.39 bits per heavy atom. The van der Waals surface area contributed by atoms with Gasteiger partial charge >= 0.3 is 0 Å². The number of hydrogen-bond acceptors (Lipinski definition) is 3. The van der Waals surface area contributed by atoms with Crippen LogP contribution in [0.4, 0.5) is 20.2 Å². The van der Waals surface area contributed by atoms with Crippen LogP contribution in [-0.2, 0) is 9.59 Å². The second kappa shape index (κ2) is 7.13. The molecule has 2 amide bonds. The zero-order valence-electron chi connectivity index (χ0n) is 11.8. The Kier molecular flexibility index (Phi) is 5.00. The van der Waals surface area contributed by atoms with Crippen LogP contribution in [0.3, 0.4) is 0 Å². The fourth-order valence-electron chi connectivity index (χ4n) is 1.81. The summed E-state index contributed by atoms with van der Waals surface area (Å²) in [5.41, 5.74) is 0.599. The Balaban J connectivity index is 1.96. The number of carbonyl (C=O) groups is 2. The number of rotatable bonds is 4. The molecule has 0 heterocycles. The van der Waals surface area contributed by atoms with Gasteiger partial charge in [-0.1, -0.05) is 12.1 Å². The summed E-state index contributed by atoms with van der Waals surface area (Å²) in [6, 6.07) is 11.1. The molecule has 0 saturated heterocycles. The lowest BCUT2D eigenvalue weighted by Crippen LogP contribution is -2.21. The summed E-state index contributed by atoms with van der Waals surface area (Å²) in [4.78, 5) is 23.5. The number of benzene rings is 2. The summed E-state index contributed by atoms with van der Waals surface area (Å²) < 4.78 is 25.8. The average Bonchev–Trinajstić information content (AvgIpc) is 2.51. The molecular weight excluding hydrogens is 304 g/mol. The third-order valence-corrected chi connectivity index (χ3v) is 2.85. The van der Waals surface area contributed by atoms with Gasteiger partial charge in [0.15, 0.2) is 11.6 Å². The molecule has 0 atom stereocenters. The van der Waals surface area contributed by atoms with Crippen LogP contribution in [0.2, 0.25) is 0 Å². The summed E-state index contributed by atoms with van der Waals surface area (Å²) in [5, 5.41) is 13.6. The van der Waals surface area contributed by atoms with Gasteiger partial charge in [-0.15, -0.1) is 0 Å². The first-order chi connectivity index (χ1) is 11.0. The lowest BCUT2D eigenvalue weighted by Gasteiger charge is -2.08. The van der Waals surface area contributed by atoms with E-state index < -0.39 is 29.9 Å². The monoisotopic (exact) mass is 315 g/mol. The van der Waals surface area contributed by atoms with Crippen molar-refractivity contribution >= 4 is 23.2 Å². The maximum Gasteiger partial charge on any atom is 0.233 e. The van der Waals surface area contributed by atoms with Gasteiger partial charge in [0.25, 0.3) is 0 Å². The predicted molar refractivity (Wildman–Crippen MR) is 79.4 cm³/mol. The molecule has 2 aromatic carbocycles. The van der Waals surface area contributed by atoms with Crippen molar-refractivity contribution in [3.8, 4) is 6.07 Å². The van der Waals surface area contributed by atoms with Gasteiger partial charge in [-0.2, -0.15) is 5.26 Å². The molecule has 0 aliphatic rings.